The molecule has 0 spiro atoms. The second-order valence-electron chi connectivity index (χ2n) is 6.02. The lowest BCUT2D eigenvalue weighted by molar-refractivity contribution is 0.466. The molecule has 0 saturated carbocycles. The summed E-state index contributed by atoms with van der Waals surface area (Å²) < 4.78 is 5.74. The summed E-state index contributed by atoms with van der Waals surface area (Å²) in [7, 11) is 0. The molecule has 2 heterocycles. The van der Waals surface area contributed by atoms with E-state index in [1.807, 2.05) is 41.8 Å². The number of thiazole rings is 1. The second kappa shape index (κ2) is 8.14. The lowest BCUT2D eigenvalue weighted by Crippen LogP contribution is -1.89. The van der Waals surface area contributed by atoms with E-state index < -0.39 is 0 Å². The van der Waals surface area contributed by atoms with Gasteiger partial charge in [-0.05, 0) is 36.4 Å². The topological polar surface area (TPSA) is 70.0 Å². The summed E-state index contributed by atoms with van der Waals surface area (Å²) in [5, 5.41) is 23.7. The van der Waals surface area contributed by atoms with Gasteiger partial charge < -0.3 is 9.52 Å². The average molecular weight is 439 g/mol. The van der Waals surface area contributed by atoms with Gasteiger partial charge in [-0.15, -0.1) is 11.3 Å². The molecule has 29 heavy (non-hydrogen) atoms. The number of nitriles is 1. The zero-order valence-corrected chi connectivity index (χ0v) is 17.1. The molecule has 4 nitrogen and oxygen atoms in total. The number of aliphatic hydroxyl groups excluding tert-OH is 1. The van der Waals surface area contributed by atoms with Crippen LogP contribution >= 0.6 is 34.5 Å². The molecular formula is C22H12Cl2N2O2S. The third-order valence-electron chi connectivity index (χ3n) is 4.19. The molecule has 4 rings (SSSR count). The van der Waals surface area contributed by atoms with Crippen LogP contribution in [0.3, 0.4) is 0 Å². The molecule has 7 heteroatoms. The van der Waals surface area contributed by atoms with Gasteiger partial charge >= 0.3 is 0 Å². The molecule has 0 saturated heterocycles. The Morgan fingerprint density at radius 1 is 1.03 bits per heavy atom. The third-order valence-corrected chi connectivity index (χ3v) is 5.63. The normalized spacial score (nSPS) is 11.8. The highest BCUT2D eigenvalue weighted by Crippen LogP contribution is 2.34. The Morgan fingerprint density at radius 2 is 1.79 bits per heavy atom. The van der Waals surface area contributed by atoms with Crippen molar-refractivity contribution in [3.05, 3.63) is 86.9 Å². The lowest BCUT2D eigenvalue weighted by atomic mass is 10.2. The van der Waals surface area contributed by atoms with Crippen LogP contribution in [0.15, 0.2) is 70.5 Å². The van der Waals surface area contributed by atoms with Crippen LogP contribution in [0.1, 0.15) is 10.8 Å². The van der Waals surface area contributed by atoms with Crippen molar-refractivity contribution in [2.45, 2.75) is 0 Å². The van der Waals surface area contributed by atoms with Crippen LogP contribution in [0.2, 0.25) is 10.0 Å². The van der Waals surface area contributed by atoms with E-state index in [1.165, 1.54) is 11.3 Å². The Morgan fingerprint density at radius 3 is 2.52 bits per heavy atom. The minimum absolute atomic E-state index is 0.0373. The van der Waals surface area contributed by atoms with Crippen molar-refractivity contribution in [2.75, 3.05) is 0 Å². The van der Waals surface area contributed by atoms with E-state index in [2.05, 4.69) is 4.98 Å². The fourth-order valence-corrected chi connectivity index (χ4v) is 3.92. The van der Waals surface area contributed by atoms with Crippen molar-refractivity contribution < 1.29 is 9.52 Å². The number of furan rings is 1. The maximum atomic E-state index is 10.7. The van der Waals surface area contributed by atoms with E-state index in [0.29, 0.717) is 32.1 Å². The molecule has 0 bridgehead atoms. The minimum atomic E-state index is -0.275. The van der Waals surface area contributed by atoms with Crippen molar-refractivity contribution in [3.63, 3.8) is 0 Å². The fraction of sp³-hybridized carbons (Fsp3) is 0. The van der Waals surface area contributed by atoms with Gasteiger partial charge in [0, 0.05) is 21.5 Å². The van der Waals surface area contributed by atoms with Gasteiger partial charge in [0.05, 0.1) is 10.7 Å². The van der Waals surface area contributed by atoms with E-state index in [9.17, 15) is 10.4 Å². The number of benzene rings is 2. The van der Waals surface area contributed by atoms with Crippen LogP contribution < -0.4 is 0 Å². The molecule has 2 aromatic heterocycles. The number of aromatic nitrogens is 1. The molecule has 0 atom stereocenters. The Labute approximate surface area is 180 Å². The molecule has 0 amide bonds. The predicted octanol–water partition coefficient (Wildman–Crippen LogP) is 7.33. The number of hydrogen-bond donors (Lipinski definition) is 1. The SMILES string of the molecule is N#CC(=C(O)c1ccc(-c2ccccc2Cl)o1)c1nc(-c2ccc(Cl)cc2)cs1. The first-order valence-electron chi connectivity index (χ1n) is 8.47. The summed E-state index contributed by atoms with van der Waals surface area (Å²) in [6, 6.07) is 19.8. The van der Waals surface area contributed by atoms with E-state index >= 15 is 0 Å². The number of halogens is 2. The summed E-state index contributed by atoms with van der Waals surface area (Å²) in [5.41, 5.74) is 2.30. The second-order valence-corrected chi connectivity index (χ2v) is 7.73. The molecule has 4 aromatic rings. The molecule has 0 aliphatic heterocycles. The van der Waals surface area contributed by atoms with Gasteiger partial charge in [-0.3, -0.25) is 0 Å². The molecular weight excluding hydrogens is 427 g/mol. The summed E-state index contributed by atoms with van der Waals surface area (Å²) in [4.78, 5) is 4.48. The van der Waals surface area contributed by atoms with Gasteiger partial charge in [-0.25, -0.2) is 4.98 Å². The molecule has 142 valence electrons. The van der Waals surface area contributed by atoms with Crippen molar-refractivity contribution in [3.8, 4) is 28.7 Å². The largest absolute Gasteiger partial charge is 0.503 e. The first kappa shape index (κ1) is 19.3. The zero-order valence-electron chi connectivity index (χ0n) is 14.8. The summed E-state index contributed by atoms with van der Waals surface area (Å²) in [6.45, 7) is 0. The Balaban J connectivity index is 1.70. The van der Waals surface area contributed by atoms with E-state index in [-0.39, 0.29) is 17.1 Å². The van der Waals surface area contributed by atoms with E-state index in [0.717, 1.165) is 5.56 Å². The van der Waals surface area contributed by atoms with Gasteiger partial charge in [0.25, 0.3) is 0 Å². The highest BCUT2D eigenvalue weighted by Gasteiger charge is 2.18. The van der Waals surface area contributed by atoms with Crippen LogP contribution in [0.4, 0.5) is 0 Å². The molecule has 0 radical (unpaired) electrons. The van der Waals surface area contributed by atoms with Gasteiger partial charge in [0.15, 0.2) is 11.5 Å². The molecule has 1 N–H and O–H groups in total. The molecule has 0 aliphatic rings. The highest BCUT2D eigenvalue weighted by atomic mass is 35.5. The van der Waals surface area contributed by atoms with Crippen LogP contribution in [-0.2, 0) is 0 Å². The maximum Gasteiger partial charge on any atom is 0.179 e. The molecule has 0 fully saturated rings. The summed E-state index contributed by atoms with van der Waals surface area (Å²) in [5.74, 6) is 0.387. The van der Waals surface area contributed by atoms with Gasteiger partial charge in [0.1, 0.15) is 22.4 Å². The number of rotatable bonds is 4. The number of nitrogens with zero attached hydrogens (tertiary/aromatic N) is 2. The summed E-state index contributed by atoms with van der Waals surface area (Å²) in [6.07, 6.45) is 0. The standard InChI is InChI=1S/C22H12Cl2N2O2S/c23-14-7-5-13(6-8-14)18-12-29-22(26-18)16(11-25)21(27)20-10-9-19(28-20)15-3-1-2-4-17(15)24/h1-10,12,27H. The van der Waals surface area contributed by atoms with Gasteiger partial charge in [-0.1, -0.05) is 47.5 Å². The number of aliphatic hydroxyl groups is 1. The van der Waals surface area contributed by atoms with Crippen LogP contribution in [0.5, 0.6) is 0 Å². The monoisotopic (exact) mass is 438 g/mol. The molecule has 0 unspecified atom stereocenters. The highest BCUT2D eigenvalue weighted by molar-refractivity contribution is 7.11. The first-order chi connectivity index (χ1) is 14.1. The van der Waals surface area contributed by atoms with Gasteiger partial charge in [0.2, 0.25) is 0 Å². The van der Waals surface area contributed by atoms with Crippen molar-refractivity contribution >= 4 is 45.9 Å². The fourth-order valence-electron chi connectivity index (χ4n) is 2.74. The average Bonchev–Trinajstić information content (AvgIpc) is 3.40. The summed E-state index contributed by atoms with van der Waals surface area (Å²) >= 11 is 13.4. The molecule has 0 aliphatic carbocycles. The van der Waals surface area contributed by atoms with Crippen LogP contribution in [0, 0.1) is 11.3 Å². The van der Waals surface area contributed by atoms with Crippen molar-refractivity contribution in [1.29, 1.82) is 5.26 Å². The first-order valence-corrected chi connectivity index (χ1v) is 10.1. The quantitative estimate of drug-likeness (QED) is 0.267. The van der Waals surface area contributed by atoms with Crippen molar-refractivity contribution in [2.24, 2.45) is 0 Å². The predicted molar refractivity (Wildman–Crippen MR) is 117 cm³/mol. The minimum Gasteiger partial charge on any atom is -0.503 e. The Bertz CT molecular complexity index is 1250. The third kappa shape index (κ3) is 3.92. The van der Waals surface area contributed by atoms with Crippen molar-refractivity contribution in [1.82, 2.24) is 4.98 Å². The van der Waals surface area contributed by atoms with Gasteiger partial charge in [-0.2, -0.15) is 5.26 Å². The Hall–Kier alpha value is -3.04. The van der Waals surface area contributed by atoms with E-state index in [4.69, 9.17) is 27.6 Å². The lowest BCUT2D eigenvalue weighted by Gasteiger charge is -2.01. The number of hydrogen-bond acceptors (Lipinski definition) is 5. The van der Waals surface area contributed by atoms with Crippen LogP contribution in [-0.4, -0.2) is 10.1 Å². The smallest absolute Gasteiger partial charge is 0.179 e. The number of allylic oxidation sites excluding steroid dienone is 1. The maximum absolute atomic E-state index is 10.7. The Kier molecular flexibility index (Phi) is 5.41. The van der Waals surface area contributed by atoms with Crippen LogP contribution in [0.25, 0.3) is 33.9 Å². The molecule has 2 aromatic carbocycles. The van der Waals surface area contributed by atoms with E-state index in [1.54, 1.807) is 30.3 Å². The zero-order chi connectivity index (χ0) is 20.4.